The molecule has 0 atom stereocenters. The molecule has 0 aliphatic carbocycles. The van der Waals surface area contributed by atoms with Crippen LogP contribution in [0.1, 0.15) is 22.2 Å². The number of aromatic nitrogens is 2. The monoisotopic (exact) mass is 249 g/mol. The Morgan fingerprint density at radius 1 is 1.41 bits per heavy atom. The van der Waals surface area contributed by atoms with E-state index >= 15 is 0 Å². The quantitative estimate of drug-likeness (QED) is 0.755. The highest BCUT2D eigenvalue weighted by Gasteiger charge is 2.17. The molecule has 0 bridgehead atoms. The third kappa shape index (κ3) is 1.61. The van der Waals surface area contributed by atoms with E-state index in [1.54, 1.807) is 17.6 Å². The first-order valence-electron chi connectivity index (χ1n) is 5.19. The number of oxazole rings is 1. The van der Waals surface area contributed by atoms with Crippen molar-refractivity contribution in [3.8, 4) is 0 Å². The Hall–Kier alpha value is -1.82. The van der Waals surface area contributed by atoms with Crippen molar-refractivity contribution in [2.24, 2.45) is 0 Å². The highest BCUT2D eigenvalue weighted by atomic mass is 32.1. The standard InChI is InChI=1S/C11H11N3O2S/c1-5-9(12)10-11(17-5)8(14-16-10)3-7-4-15-6(2)13-7/h4H,3,12H2,1-2H3. The normalized spacial score (nSPS) is 11.4. The number of nitrogens with two attached hydrogens (primary N) is 1. The molecule has 0 fully saturated rings. The molecule has 3 heterocycles. The maximum Gasteiger partial charge on any atom is 0.201 e. The fourth-order valence-corrected chi connectivity index (χ4v) is 2.71. The van der Waals surface area contributed by atoms with Crippen LogP contribution in [0.2, 0.25) is 0 Å². The van der Waals surface area contributed by atoms with Gasteiger partial charge in [-0.05, 0) is 6.92 Å². The summed E-state index contributed by atoms with van der Waals surface area (Å²) in [6.45, 7) is 3.79. The molecule has 0 aromatic carbocycles. The number of hydrogen-bond donors (Lipinski definition) is 1. The van der Waals surface area contributed by atoms with Gasteiger partial charge in [0.2, 0.25) is 5.58 Å². The minimum absolute atomic E-state index is 0.601. The van der Waals surface area contributed by atoms with Crippen LogP contribution in [0, 0.1) is 13.8 Å². The lowest BCUT2D eigenvalue weighted by atomic mass is 10.2. The fourth-order valence-electron chi connectivity index (χ4n) is 1.73. The SMILES string of the molecule is Cc1nc(Cc2noc3c(N)c(C)sc23)co1. The van der Waals surface area contributed by atoms with Crippen LogP contribution in [0.3, 0.4) is 0 Å². The van der Waals surface area contributed by atoms with E-state index in [4.69, 9.17) is 14.7 Å². The van der Waals surface area contributed by atoms with E-state index in [0.29, 0.717) is 23.6 Å². The van der Waals surface area contributed by atoms with Crippen LogP contribution in [0.5, 0.6) is 0 Å². The number of hydrogen-bond acceptors (Lipinski definition) is 6. The molecule has 3 aromatic heterocycles. The first kappa shape index (κ1) is 10.3. The highest BCUT2D eigenvalue weighted by Crippen LogP contribution is 2.35. The summed E-state index contributed by atoms with van der Waals surface area (Å²) < 4.78 is 11.4. The topological polar surface area (TPSA) is 78.1 Å². The van der Waals surface area contributed by atoms with Gasteiger partial charge < -0.3 is 14.7 Å². The summed E-state index contributed by atoms with van der Waals surface area (Å²) >= 11 is 1.60. The molecule has 88 valence electrons. The summed E-state index contributed by atoms with van der Waals surface area (Å²) in [4.78, 5) is 5.30. The highest BCUT2D eigenvalue weighted by molar-refractivity contribution is 7.19. The van der Waals surface area contributed by atoms with Gasteiger partial charge in [-0.25, -0.2) is 4.98 Å². The van der Waals surface area contributed by atoms with Crippen LogP contribution in [0.25, 0.3) is 10.3 Å². The maximum absolute atomic E-state index is 5.89. The van der Waals surface area contributed by atoms with Gasteiger partial charge in [0.25, 0.3) is 0 Å². The Kier molecular flexibility index (Phi) is 2.19. The van der Waals surface area contributed by atoms with Gasteiger partial charge in [-0.1, -0.05) is 5.16 Å². The van der Waals surface area contributed by atoms with E-state index in [1.807, 2.05) is 13.8 Å². The van der Waals surface area contributed by atoms with Crippen molar-refractivity contribution in [1.82, 2.24) is 10.1 Å². The van der Waals surface area contributed by atoms with Gasteiger partial charge in [0, 0.05) is 18.2 Å². The molecule has 2 N–H and O–H groups in total. The number of rotatable bonds is 2. The molecule has 3 aromatic rings. The third-order valence-electron chi connectivity index (χ3n) is 2.61. The van der Waals surface area contributed by atoms with Crippen LogP contribution in [0.15, 0.2) is 15.2 Å². The third-order valence-corrected chi connectivity index (χ3v) is 3.76. The number of nitrogens with zero attached hydrogens (tertiary/aromatic N) is 2. The molecular formula is C11H11N3O2S. The minimum atomic E-state index is 0.601. The molecule has 0 amide bonds. The van der Waals surface area contributed by atoms with Crippen molar-refractivity contribution >= 4 is 27.3 Å². The minimum Gasteiger partial charge on any atom is -0.449 e. The lowest BCUT2D eigenvalue weighted by Crippen LogP contribution is -1.88. The Labute approximate surface area is 101 Å². The molecule has 0 unspecified atom stereocenters. The van der Waals surface area contributed by atoms with E-state index in [9.17, 15) is 0 Å². The van der Waals surface area contributed by atoms with E-state index in [2.05, 4.69) is 10.1 Å². The summed E-state index contributed by atoms with van der Waals surface area (Å²) in [5.41, 5.74) is 8.96. The molecule has 0 aliphatic rings. The van der Waals surface area contributed by atoms with Crippen LogP contribution < -0.4 is 5.73 Å². The number of fused-ring (bicyclic) bond motifs is 1. The molecule has 0 saturated heterocycles. The summed E-state index contributed by atoms with van der Waals surface area (Å²) in [5.74, 6) is 0.654. The van der Waals surface area contributed by atoms with Crippen LogP contribution in [0.4, 0.5) is 5.69 Å². The first-order chi connectivity index (χ1) is 8.15. The maximum atomic E-state index is 5.89. The average molecular weight is 249 g/mol. The zero-order valence-electron chi connectivity index (χ0n) is 9.48. The summed E-state index contributed by atoms with van der Waals surface area (Å²) in [7, 11) is 0. The van der Waals surface area contributed by atoms with E-state index in [1.165, 1.54) is 0 Å². The zero-order chi connectivity index (χ0) is 12.0. The molecule has 5 nitrogen and oxygen atoms in total. The lowest BCUT2D eigenvalue weighted by Gasteiger charge is -1.88. The van der Waals surface area contributed by atoms with Gasteiger partial charge in [-0.2, -0.15) is 0 Å². The van der Waals surface area contributed by atoms with E-state index in [0.717, 1.165) is 21.0 Å². The van der Waals surface area contributed by atoms with Crippen LogP contribution >= 0.6 is 11.3 Å². The average Bonchev–Trinajstić information content (AvgIpc) is 2.92. The Balaban J connectivity index is 2.03. The summed E-state index contributed by atoms with van der Waals surface area (Å²) in [5, 5.41) is 4.04. The predicted molar refractivity (Wildman–Crippen MR) is 65.1 cm³/mol. The second-order valence-electron chi connectivity index (χ2n) is 3.89. The van der Waals surface area contributed by atoms with Gasteiger partial charge in [0.1, 0.15) is 16.7 Å². The second-order valence-corrected chi connectivity index (χ2v) is 5.12. The number of aryl methyl sites for hydroxylation is 2. The van der Waals surface area contributed by atoms with Gasteiger partial charge in [0.05, 0.1) is 11.4 Å². The van der Waals surface area contributed by atoms with Crippen molar-refractivity contribution < 1.29 is 8.94 Å². The smallest absolute Gasteiger partial charge is 0.201 e. The van der Waals surface area contributed by atoms with Crippen LogP contribution in [-0.4, -0.2) is 10.1 Å². The largest absolute Gasteiger partial charge is 0.449 e. The molecular weight excluding hydrogens is 238 g/mol. The Bertz CT molecular complexity index is 680. The Morgan fingerprint density at radius 3 is 2.94 bits per heavy atom. The van der Waals surface area contributed by atoms with E-state index in [-0.39, 0.29) is 0 Å². The zero-order valence-corrected chi connectivity index (χ0v) is 10.3. The molecule has 0 aliphatic heterocycles. The molecule has 6 heteroatoms. The van der Waals surface area contributed by atoms with Crippen molar-refractivity contribution in [2.45, 2.75) is 20.3 Å². The van der Waals surface area contributed by atoms with Gasteiger partial charge in [-0.15, -0.1) is 11.3 Å². The van der Waals surface area contributed by atoms with E-state index < -0.39 is 0 Å². The van der Waals surface area contributed by atoms with Crippen molar-refractivity contribution in [3.63, 3.8) is 0 Å². The molecule has 3 rings (SSSR count). The van der Waals surface area contributed by atoms with Gasteiger partial charge in [-0.3, -0.25) is 0 Å². The molecule has 17 heavy (non-hydrogen) atoms. The molecule has 0 saturated carbocycles. The lowest BCUT2D eigenvalue weighted by molar-refractivity contribution is 0.448. The fraction of sp³-hybridized carbons (Fsp3) is 0.273. The van der Waals surface area contributed by atoms with Gasteiger partial charge in [0.15, 0.2) is 5.89 Å². The van der Waals surface area contributed by atoms with Crippen molar-refractivity contribution in [1.29, 1.82) is 0 Å². The molecule has 0 radical (unpaired) electrons. The van der Waals surface area contributed by atoms with Crippen molar-refractivity contribution in [3.05, 3.63) is 28.4 Å². The molecule has 0 spiro atoms. The van der Waals surface area contributed by atoms with Crippen LogP contribution in [-0.2, 0) is 6.42 Å². The Morgan fingerprint density at radius 2 is 2.24 bits per heavy atom. The second kappa shape index (κ2) is 3.59. The first-order valence-corrected chi connectivity index (χ1v) is 6.01. The summed E-state index contributed by atoms with van der Waals surface area (Å²) in [6.07, 6.45) is 2.24. The van der Waals surface area contributed by atoms with Gasteiger partial charge >= 0.3 is 0 Å². The number of anilines is 1. The van der Waals surface area contributed by atoms with Crippen molar-refractivity contribution in [2.75, 3.05) is 5.73 Å². The number of thiophene rings is 1. The summed E-state index contributed by atoms with van der Waals surface area (Å²) in [6, 6.07) is 0. The predicted octanol–water partition coefficient (Wildman–Crippen LogP) is 2.67. The number of nitrogen functional groups attached to an aromatic ring is 1.